The number of para-hydroxylation sites is 2. The number of benzene rings is 3. The predicted molar refractivity (Wildman–Crippen MR) is 117 cm³/mol. The monoisotopic (exact) mass is 398 g/mol. The van der Waals surface area contributed by atoms with Crippen LogP contribution in [0.1, 0.15) is 30.9 Å². The maximum atomic E-state index is 6.36. The predicted octanol–water partition coefficient (Wildman–Crippen LogP) is 5.82. The average molecular weight is 399 g/mol. The molecule has 0 bridgehead atoms. The van der Waals surface area contributed by atoms with E-state index in [0.29, 0.717) is 18.0 Å². The van der Waals surface area contributed by atoms with E-state index < -0.39 is 0 Å². The van der Waals surface area contributed by atoms with Gasteiger partial charge in [0, 0.05) is 6.04 Å². The lowest BCUT2D eigenvalue weighted by Crippen LogP contribution is -2.11. The fraction of sp³-hybridized carbons (Fsp3) is 0.217. The van der Waals surface area contributed by atoms with Crippen LogP contribution in [0.15, 0.2) is 78.9 Å². The Kier molecular flexibility index (Phi) is 8.82. The van der Waals surface area contributed by atoms with Crippen LogP contribution in [0.4, 0.5) is 0 Å². The van der Waals surface area contributed by atoms with Crippen molar-refractivity contribution in [2.24, 2.45) is 11.5 Å². The topological polar surface area (TPSA) is 70.5 Å². The third-order valence-electron chi connectivity index (χ3n) is 4.31. The van der Waals surface area contributed by atoms with Gasteiger partial charge in [-0.25, -0.2) is 0 Å². The van der Waals surface area contributed by atoms with Crippen LogP contribution in [0.25, 0.3) is 0 Å². The van der Waals surface area contributed by atoms with Crippen LogP contribution in [0.5, 0.6) is 23.0 Å². The van der Waals surface area contributed by atoms with Crippen molar-refractivity contribution in [3.8, 4) is 23.0 Å². The molecule has 0 radical (unpaired) electrons. The van der Waals surface area contributed by atoms with E-state index in [1.807, 2.05) is 78.9 Å². The Morgan fingerprint density at radius 2 is 1.29 bits per heavy atom. The number of nitrogens with two attached hydrogens (primary N) is 2. The summed E-state index contributed by atoms with van der Waals surface area (Å²) in [6, 6.07) is 25.2. The van der Waals surface area contributed by atoms with Crippen LogP contribution in [-0.4, -0.2) is 6.54 Å². The molecule has 0 saturated carbocycles. The molecule has 4 nitrogen and oxygen atoms in total. The molecule has 3 aromatic rings. The second-order valence-electron chi connectivity index (χ2n) is 6.43. The average Bonchev–Trinajstić information content (AvgIpc) is 2.71. The highest BCUT2D eigenvalue weighted by atomic mass is 35.5. The van der Waals surface area contributed by atoms with E-state index >= 15 is 0 Å². The van der Waals surface area contributed by atoms with Gasteiger partial charge in [-0.2, -0.15) is 0 Å². The number of hydrogen-bond donors (Lipinski definition) is 2. The standard InChI is InChI=1S/C23H26N2O2.ClH/c24-16-8-7-13-21(25)18-14-15-22(26-19-9-3-1-4-10-19)23(17-18)27-20-11-5-2-6-12-20;/h1-6,9-12,14-15,17,21H,7-8,13,16,24-25H2;1H/t21-;/m0./s1. The lowest BCUT2D eigenvalue weighted by Gasteiger charge is -2.17. The zero-order chi connectivity index (χ0) is 18.9. The van der Waals surface area contributed by atoms with Crippen molar-refractivity contribution in [2.75, 3.05) is 6.54 Å². The van der Waals surface area contributed by atoms with Gasteiger partial charge in [-0.1, -0.05) is 48.9 Å². The molecule has 0 aromatic heterocycles. The molecule has 3 rings (SSSR count). The Hall–Kier alpha value is -2.53. The molecule has 1 atom stereocenters. The molecule has 0 heterocycles. The quantitative estimate of drug-likeness (QED) is 0.445. The van der Waals surface area contributed by atoms with Crippen molar-refractivity contribution in [3.63, 3.8) is 0 Å². The zero-order valence-corrected chi connectivity index (χ0v) is 16.6. The first kappa shape index (κ1) is 21.8. The molecule has 3 aromatic carbocycles. The van der Waals surface area contributed by atoms with Gasteiger partial charge in [-0.15, -0.1) is 12.4 Å². The molecule has 4 N–H and O–H groups in total. The van der Waals surface area contributed by atoms with Crippen molar-refractivity contribution in [2.45, 2.75) is 25.3 Å². The third kappa shape index (κ3) is 6.27. The molecule has 5 heteroatoms. The molecule has 0 aliphatic heterocycles. The van der Waals surface area contributed by atoms with Crippen LogP contribution < -0.4 is 20.9 Å². The van der Waals surface area contributed by atoms with Crippen LogP contribution in [0.2, 0.25) is 0 Å². The van der Waals surface area contributed by atoms with Crippen molar-refractivity contribution in [1.29, 1.82) is 0 Å². The maximum Gasteiger partial charge on any atom is 0.170 e. The van der Waals surface area contributed by atoms with Crippen molar-refractivity contribution in [1.82, 2.24) is 0 Å². The summed E-state index contributed by atoms with van der Waals surface area (Å²) in [5.41, 5.74) is 13.0. The molecule has 0 spiro atoms. The summed E-state index contributed by atoms with van der Waals surface area (Å²) in [7, 11) is 0. The highest BCUT2D eigenvalue weighted by Crippen LogP contribution is 2.37. The summed E-state index contributed by atoms with van der Waals surface area (Å²) >= 11 is 0. The second kappa shape index (κ2) is 11.3. The van der Waals surface area contributed by atoms with Gasteiger partial charge in [0.1, 0.15) is 11.5 Å². The first-order valence-corrected chi connectivity index (χ1v) is 9.31. The van der Waals surface area contributed by atoms with Crippen molar-refractivity contribution < 1.29 is 9.47 Å². The first-order valence-electron chi connectivity index (χ1n) is 9.31. The highest BCUT2D eigenvalue weighted by molar-refractivity contribution is 5.85. The van der Waals surface area contributed by atoms with Gasteiger partial charge >= 0.3 is 0 Å². The number of unbranched alkanes of at least 4 members (excludes halogenated alkanes) is 1. The molecule has 0 unspecified atom stereocenters. The molecular weight excluding hydrogens is 372 g/mol. The summed E-state index contributed by atoms with van der Waals surface area (Å²) in [5.74, 6) is 2.82. The Labute approximate surface area is 172 Å². The molecule has 0 amide bonds. The van der Waals surface area contributed by atoms with Gasteiger partial charge < -0.3 is 20.9 Å². The van der Waals surface area contributed by atoms with E-state index in [9.17, 15) is 0 Å². The maximum absolute atomic E-state index is 6.36. The number of hydrogen-bond acceptors (Lipinski definition) is 4. The second-order valence-corrected chi connectivity index (χ2v) is 6.43. The Bertz CT molecular complexity index is 829. The SMILES string of the molecule is Cl.NCCCC[C@H](N)c1ccc(Oc2ccccc2)c(Oc2ccccc2)c1. The smallest absolute Gasteiger partial charge is 0.170 e. The highest BCUT2D eigenvalue weighted by Gasteiger charge is 2.13. The summed E-state index contributed by atoms with van der Waals surface area (Å²) in [4.78, 5) is 0. The summed E-state index contributed by atoms with van der Waals surface area (Å²) in [6.07, 6.45) is 2.88. The van der Waals surface area contributed by atoms with Gasteiger partial charge in [0.2, 0.25) is 0 Å². The lowest BCUT2D eigenvalue weighted by molar-refractivity contribution is 0.417. The van der Waals surface area contributed by atoms with Gasteiger partial charge in [-0.05, 0) is 61.3 Å². The zero-order valence-electron chi connectivity index (χ0n) is 15.8. The van der Waals surface area contributed by atoms with Crippen molar-refractivity contribution >= 4 is 12.4 Å². The molecule has 148 valence electrons. The van der Waals surface area contributed by atoms with Crippen LogP contribution in [0, 0.1) is 0 Å². The Morgan fingerprint density at radius 1 is 0.714 bits per heavy atom. The molecule has 0 saturated heterocycles. The fourth-order valence-electron chi connectivity index (χ4n) is 2.83. The van der Waals surface area contributed by atoms with E-state index in [0.717, 1.165) is 36.3 Å². The Balaban J connectivity index is 0.00000280. The molecule has 0 aliphatic carbocycles. The van der Waals surface area contributed by atoms with Gasteiger partial charge in [-0.3, -0.25) is 0 Å². The summed E-state index contributed by atoms with van der Waals surface area (Å²) in [6.45, 7) is 0.693. The van der Waals surface area contributed by atoms with E-state index in [1.54, 1.807) is 0 Å². The van der Waals surface area contributed by atoms with E-state index in [-0.39, 0.29) is 18.4 Å². The normalized spacial score (nSPS) is 11.4. The van der Waals surface area contributed by atoms with Gasteiger partial charge in [0.15, 0.2) is 11.5 Å². The lowest BCUT2D eigenvalue weighted by atomic mass is 10.0. The van der Waals surface area contributed by atoms with E-state index in [1.165, 1.54) is 0 Å². The van der Waals surface area contributed by atoms with Crippen molar-refractivity contribution in [3.05, 3.63) is 84.4 Å². The number of rotatable bonds is 9. The largest absolute Gasteiger partial charge is 0.453 e. The van der Waals surface area contributed by atoms with Crippen LogP contribution in [-0.2, 0) is 0 Å². The van der Waals surface area contributed by atoms with Gasteiger partial charge in [0.25, 0.3) is 0 Å². The minimum absolute atomic E-state index is 0. The van der Waals surface area contributed by atoms with E-state index in [4.69, 9.17) is 20.9 Å². The Morgan fingerprint density at radius 3 is 1.86 bits per heavy atom. The van der Waals surface area contributed by atoms with Crippen LogP contribution in [0.3, 0.4) is 0 Å². The number of halogens is 1. The minimum Gasteiger partial charge on any atom is -0.453 e. The molecule has 0 fully saturated rings. The minimum atomic E-state index is -0.0551. The molecule has 0 aliphatic rings. The third-order valence-corrected chi connectivity index (χ3v) is 4.31. The van der Waals surface area contributed by atoms with Gasteiger partial charge in [0.05, 0.1) is 0 Å². The number of ether oxygens (including phenoxy) is 2. The first-order chi connectivity index (χ1) is 13.3. The molecule has 28 heavy (non-hydrogen) atoms. The fourth-order valence-corrected chi connectivity index (χ4v) is 2.83. The summed E-state index contributed by atoms with van der Waals surface area (Å²) in [5, 5.41) is 0. The van der Waals surface area contributed by atoms with Crippen LogP contribution >= 0.6 is 12.4 Å². The molecular formula is C23H27ClN2O2. The van der Waals surface area contributed by atoms with E-state index in [2.05, 4.69) is 0 Å². The summed E-state index contributed by atoms with van der Waals surface area (Å²) < 4.78 is 12.1.